The molecule has 0 saturated heterocycles. The number of carbonyl (C=O) groups is 2. The maximum Gasteiger partial charge on any atom is 0.326 e. The number of halogens is 1. The Morgan fingerprint density at radius 2 is 2.05 bits per heavy atom. The third kappa shape index (κ3) is 4.24. The van der Waals surface area contributed by atoms with Crippen LogP contribution in [0.25, 0.3) is 0 Å². The number of rotatable bonds is 5. The van der Waals surface area contributed by atoms with Crippen molar-refractivity contribution in [3.8, 4) is 0 Å². The van der Waals surface area contributed by atoms with Crippen molar-refractivity contribution in [1.82, 2.24) is 5.32 Å². The average Bonchev–Trinajstić information content (AvgIpc) is 2.26. The number of benzene rings is 1. The van der Waals surface area contributed by atoms with Crippen molar-refractivity contribution in [2.75, 3.05) is 5.73 Å². The number of carboxylic acid groups (broad SMARTS) is 1. The lowest BCUT2D eigenvalue weighted by Gasteiger charge is -2.16. The first-order valence-electron chi connectivity index (χ1n) is 5.90. The van der Waals surface area contributed by atoms with Gasteiger partial charge in [-0.05, 0) is 30.5 Å². The van der Waals surface area contributed by atoms with Crippen LogP contribution < -0.4 is 11.1 Å². The van der Waals surface area contributed by atoms with Gasteiger partial charge in [0.05, 0.1) is 5.56 Å². The van der Waals surface area contributed by atoms with Gasteiger partial charge in [-0.1, -0.05) is 13.8 Å². The average molecular weight is 268 g/mol. The van der Waals surface area contributed by atoms with Gasteiger partial charge >= 0.3 is 5.97 Å². The first kappa shape index (κ1) is 14.9. The molecule has 1 aromatic rings. The van der Waals surface area contributed by atoms with Crippen molar-refractivity contribution >= 4 is 17.6 Å². The van der Waals surface area contributed by atoms with Crippen LogP contribution in [0.3, 0.4) is 0 Å². The van der Waals surface area contributed by atoms with E-state index in [1.54, 1.807) is 0 Å². The van der Waals surface area contributed by atoms with Gasteiger partial charge in [-0.15, -0.1) is 0 Å². The lowest BCUT2D eigenvalue weighted by Crippen LogP contribution is -2.41. The van der Waals surface area contributed by atoms with Crippen molar-refractivity contribution in [2.24, 2.45) is 5.92 Å². The highest BCUT2D eigenvalue weighted by molar-refractivity contribution is 5.97. The van der Waals surface area contributed by atoms with Crippen LogP contribution in [0.15, 0.2) is 18.2 Å². The number of nitrogens with two attached hydrogens (primary N) is 1. The topological polar surface area (TPSA) is 92.4 Å². The van der Waals surface area contributed by atoms with Crippen LogP contribution in [0.2, 0.25) is 0 Å². The van der Waals surface area contributed by atoms with Crippen molar-refractivity contribution in [3.05, 3.63) is 29.6 Å². The number of nitrogens with one attached hydrogen (secondary N) is 1. The van der Waals surface area contributed by atoms with Gasteiger partial charge in [0, 0.05) is 5.69 Å². The zero-order valence-electron chi connectivity index (χ0n) is 10.8. The monoisotopic (exact) mass is 268 g/mol. The highest BCUT2D eigenvalue weighted by Gasteiger charge is 2.23. The molecule has 0 aliphatic rings. The summed E-state index contributed by atoms with van der Waals surface area (Å²) >= 11 is 0. The Kier molecular flexibility index (Phi) is 4.86. The molecule has 6 heteroatoms. The summed E-state index contributed by atoms with van der Waals surface area (Å²) < 4.78 is 13.5. The maximum absolute atomic E-state index is 13.5. The van der Waals surface area contributed by atoms with Crippen molar-refractivity contribution in [2.45, 2.75) is 26.3 Å². The first-order valence-corrected chi connectivity index (χ1v) is 5.90. The molecule has 0 aliphatic carbocycles. The number of carbonyl (C=O) groups excluding carboxylic acids is 1. The minimum atomic E-state index is -1.14. The molecule has 0 saturated carbocycles. The van der Waals surface area contributed by atoms with E-state index in [4.69, 9.17) is 10.8 Å². The Labute approximate surface area is 110 Å². The fourth-order valence-electron chi connectivity index (χ4n) is 1.64. The smallest absolute Gasteiger partial charge is 0.326 e. The molecule has 0 spiro atoms. The predicted molar refractivity (Wildman–Crippen MR) is 69.2 cm³/mol. The minimum absolute atomic E-state index is 0.0951. The quantitative estimate of drug-likeness (QED) is 0.708. The molecular weight excluding hydrogens is 251 g/mol. The normalized spacial score (nSPS) is 12.2. The summed E-state index contributed by atoms with van der Waals surface area (Å²) in [6.45, 7) is 3.68. The van der Waals surface area contributed by atoms with Gasteiger partial charge in [0.1, 0.15) is 11.9 Å². The number of aliphatic carboxylic acids is 1. The molecule has 4 N–H and O–H groups in total. The van der Waals surface area contributed by atoms with Gasteiger partial charge in [-0.2, -0.15) is 0 Å². The van der Waals surface area contributed by atoms with E-state index >= 15 is 0 Å². The summed E-state index contributed by atoms with van der Waals surface area (Å²) in [4.78, 5) is 22.8. The van der Waals surface area contributed by atoms with E-state index in [9.17, 15) is 14.0 Å². The molecule has 1 amide bonds. The number of hydrogen-bond acceptors (Lipinski definition) is 3. The number of hydrogen-bond donors (Lipinski definition) is 3. The van der Waals surface area contributed by atoms with E-state index in [2.05, 4.69) is 5.32 Å². The Morgan fingerprint density at radius 1 is 1.42 bits per heavy atom. The van der Waals surface area contributed by atoms with Crippen molar-refractivity contribution in [3.63, 3.8) is 0 Å². The Hall–Kier alpha value is -2.11. The molecular formula is C13H17FN2O3. The summed E-state index contributed by atoms with van der Waals surface area (Å²) in [6.07, 6.45) is 0.275. The van der Waals surface area contributed by atoms with E-state index in [0.29, 0.717) is 0 Å². The Morgan fingerprint density at radius 3 is 2.53 bits per heavy atom. The molecule has 0 unspecified atom stereocenters. The van der Waals surface area contributed by atoms with Crippen LogP contribution in [0, 0.1) is 11.7 Å². The summed E-state index contributed by atoms with van der Waals surface area (Å²) in [5, 5.41) is 11.3. The standard InChI is InChI=1S/C13H17FN2O3/c1-7(2)5-11(13(18)19)16-12(17)9-4-3-8(15)6-10(9)14/h3-4,6-7,11H,5,15H2,1-2H3,(H,16,17)(H,18,19)/t11-/m0/s1. The van der Waals surface area contributed by atoms with Gasteiger partial charge in [0.15, 0.2) is 0 Å². The van der Waals surface area contributed by atoms with Gasteiger partial charge in [-0.3, -0.25) is 4.79 Å². The lowest BCUT2D eigenvalue weighted by molar-refractivity contribution is -0.139. The number of nitrogen functional groups attached to an aromatic ring is 1. The second kappa shape index (κ2) is 6.17. The van der Waals surface area contributed by atoms with Gasteiger partial charge in [-0.25, -0.2) is 9.18 Å². The third-order valence-corrected chi connectivity index (χ3v) is 2.55. The summed E-state index contributed by atoms with van der Waals surface area (Å²) in [6, 6.07) is 2.60. The SMILES string of the molecule is CC(C)C[C@H](NC(=O)c1ccc(N)cc1F)C(=O)O. The predicted octanol–water partition coefficient (Wildman–Crippen LogP) is 1.64. The maximum atomic E-state index is 13.5. The zero-order valence-corrected chi connectivity index (χ0v) is 10.8. The number of amides is 1. The molecule has 0 fully saturated rings. The van der Waals surface area contributed by atoms with E-state index < -0.39 is 23.7 Å². The van der Waals surface area contributed by atoms with Crippen LogP contribution in [0.1, 0.15) is 30.6 Å². The largest absolute Gasteiger partial charge is 0.480 e. The molecule has 104 valence electrons. The second-order valence-corrected chi connectivity index (χ2v) is 4.73. The van der Waals surface area contributed by atoms with Crippen molar-refractivity contribution in [1.29, 1.82) is 0 Å². The highest BCUT2D eigenvalue weighted by Crippen LogP contribution is 2.13. The first-order chi connectivity index (χ1) is 8.81. The molecule has 0 bridgehead atoms. The van der Waals surface area contributed by atoms with E-state index in [-0.39, 0.29) is 23.6 Å². The summed E-state index contributed by atoms with van der Waals surface area (Å²) in [5.74, 6) is -2.58. The van der Waals surface area contributed by atoms with Gasteiger partial charge in [0.25, 0.3) is 5.91 Å². The molecule has 19 heavy (non-hydrogen) atoms. The van der Waals surface area contributed by atoms with Crippen LogP contribution >= 0.6 is 0 Å². The molecule has 0 aromatic heterocycles. The Bertz CT molecular complexity index is 489. The molecule has 1 aromatic carbocycles. The van der Waals surface area contributed by atoms with Gasteiger partial charge in [0.2, 0.25) is 0 Å². The summed E-state index contributed by atoms with van der Waals surface area (Å²) in [7, 11) is 0. The molecule has 1 atom stereocenters. The second-order valence-electron chi connectivity index (χ2n) is 4.73. The van der Waals surface area contributed by atoms with Gasteiger partial charge < -0.3 is 16.2 Å². The highest BCUT2D eigenvalue weighted by atomic mass is 19.1. The number of anilines is 1. The van der Waals surface area contributed by atoms with Crippen LogP contribution in [0.4, 0.5) is 10.1 Å². The zero-order chi connectivity index (χ0) is 14.6. The lowest BCUT2D eigenvalue weighted by atomic mass is 10.0. The fraction of sp³-hybridized carbons (Fsp3) is 0.385. The minimum Gasteiger partial charge on any atom is -0.480 e. The van der Waals surface area contributed by atoms with Crippen LogP contribution in [-0.4, -0.2) is 23.0 Å². The van der Waals surface area contributed by atoms with Crippen molar-refractivity contribution < 1.29 is 19.1 Å². The molecule has 0 aliphatic heterocycles. The van der Waals surface area contributed by atoms with E-state index in [1.807, 2.05) is 13.8 Å². The summed E-state index contributed by atoms with van der Waals surface area (Å²) in [5.41, 5.74) is 5.36. The van der Waals surface area contributed by atoms with Crippen LogP contribution in [-0.2, 0) is 4.79 Å². The van der Waals surface area contributed by atoms with E-state index in [0.717, 1.165) is 6.07 Å². The fourth-order valence-corrected chi connectivity index (χ4v) is 1.64. The molecule has 5 nitrogen and oxygen atoms in total. The third-order valence-electron chi connectivity index (χ3n) is 2.55. The molecule has 0 heterocycles. The number of carboxylic acids is 1. The molecule has 1 rings (SSSR count). The molecule has 0 radical (unpaired) electrons. The Balaban J connectivity index is 2.84. The van der Waals surface area contributed by atoms with Crippen LogP contribution in [0.5, 0.6) is 0 Å². The van der Waals surface area contributed by atoms with E-state index in [1.165, 1.54) is 12.1 Å².